The number of aliphatic carboxylic acids is 1. The first-order valence-electron chi connectivity index (χ1n) is 8.42. The van der Waals surface area contributed by atoms with Crippen LogP contribution in [-0.4, -0.2) is 26.5 Å². The van der Waals surface area contributed by atoms with Crippen LogP contribution in [0.1, 0.15) is 51.6 Å². The predicted molar refractivity (Wildman–Crippen MR) is 95.4 cm³/mol. The van der Waals surface area contributed by atoms with Gasteiger partial charge in [-0.1, -0.05) is 26.0 Å². The molecule has 2 N–H and O–H groups in total. The SMILES string of the molecule is CC[C@@](C)(CC(=O)O)CC(=O)N[C@@H](C)c1ccc(-n2ccnc2)cc1. The molecule has 134 valence electrons. The second-order valence-corrected chi connectivity index (χ2v) is 6.76. The van der Waals surface area contributed by atoms with E-state index in [4.69, 9.17) is 5.11 Å². The van der Waals surface area contributed by atoms with Gasteiger partial charge in [0, 0.05) is 24.5 Å². The molecule has 25 heavy (non-hydrogen) atoms. The van der Waals surface area contributed by atoms with Gasteiger partial charge in [-0.25, -0.2) is 4.98 Å². The van der Waals surface area contributed by atoms with Crippen LogP contribution in [0.2, 0.25) is 0 Å². The Morgan fingerprint density at radius 1 is 1.28 bits per heavy atom. The van der Waals surface area contributed by atoms with Crippen molar-refractivity contribution in [3.8, 4) is 5.69 Å². The van der Waals surface area contributed by atoms with Gasteiger partial charge in [0.15, 0.2) is 0 Å². The summed E-state index contributed by atoms with van der Waals surface area (Å²) in [6.45, 7) is 5.67. The molecule has 0 spiro atoms. The van der Waals surface area contributed by atoms with Gasteiger partial charge in [0.25, 0.3) is 0 Å². The first kappa shape index (κ1) is 18.7. The number of hydrogen-bond acceptors (Lipinski definition) is 3. The largest absolute Gasteiger partial charge is 0.481 e. The normalized spacial score (nSPS) is 14.5. The van der Waals surface area contributed by atoms with E-state index in [-0.39, 0.29) is 24.8 Å². The van der Waals surface area contributed by atoms with Crippen LogP contribution >= 0.6 is 0 Å². The molecule has 0 saturated heterocycles. The summed E-state index contributed by atoms with van der Waals surface area (Å²) in [5.74, 6) is -1.00. The molecule has 2 rings (SSSR count). The summed E-state index contributed by atoms with van der Waals surface area (Å²) in [5.41, 5.74) is 1.47. The summed E-state index contributed by atoms with van der Waals surface area (Å²) < 4.78 is 1.91. The lowest BCUT2D eigenvalue weighted by Gasteiger charge is -2.26. The first-order chi connectivity index (χ1) is 11.8. The highest BCUT2D eigenvalue weighted by Crippen LogP contribution is 2.30. The van der Waals surface area contributed by atoms with E-state index in [9.17, 15) is 9.59 Å². The van der Waals surface area contributed by atoms with Gasteiger partial charge in [-0.15, -0.1) is 0 Å². The van der Waals surface area contributed by atoms with E-state index in [0.717, 1.165) is 11.3 Å². The minimum absolute atomic E-state index is 0.00902. The molecule has 2 aromatic rings. The Bertz CT molecular complexity index is 710. The lowest BCUT2D eigenvalue weighted by atomic mass is 9.80. The summed E-state index contributed by atoms with van der Waals surface area (Å²) in [5, 5.41) is 12.0. The van der Waals surface area contributed by atoms with Crippen LogP contribution in [0.4, 0.5) is 0 Å². The van der Waals surface area contributed by atoms with Crippen LogP contribution in [0, 0.1) is 5.41 Å². The summed E-state index contributed by atoms with van der Waals surface area (Å²) in [6, 6.07) is 7.74. The minimum atomic E-state index is -0.875. The maximum atomic E-state index is 12.3. The minimum Gasteiger partial charge on any atom is -0.481 e. The smallest absolute Gasteiger partial charge is 0.303 e. The zero-order chi connectivity index (χ0) is 18.4. The van der Waals surface area contributed by atoms with Crippen molar-refractivity contribution >= 4 is 11.9 Å². The van der Waals surface area contributed by atoms with E-state index in [1.165, 1.54) is 0 Å². The van der Waals surface area contributed by atoms with E-state index < -0.39 is 11.4 Å². The van der Waals surface area contributed by atoms with Crippen molar-refractivity contribution < 1.29 is 14.7 Å². The van der Waals surface area contributed by atoms with Crippen molar-refractivity contribution in [2.45, 2.75) is 46.1 Å². The van der Waals surface area contributed by atoms with Crippen LogP contribution in [-0.2, 0) is 9.59 Å². The molecule has 0 saturated carbocycles. The molecule has 0 bridgehead atoms. The number of carbonyl (C=O) groups excluding carboxylic acids is 1. The second kappa shape index (κ2) is 7.96. The third kappa shape index (κ3) is 5.17. The molecule has 1 amide bonds. The van der Waals surface area contributed by atoms with Crippen molar-refractivity contribution in [2.75, 3.05) is 0 Å². The van der Waals surface area contributed by atoms with Crippen molar-refractivity contribution in [3.05, 3.63) is 48.5 Å². The summed E-state index contributed by atoms with van der Waals surface area (Å²) in [7, 11) is 0. The van der Waals surface area contributed by atoms with Gasteiger partial charge in [0.2, 0.25) is 5.91 Å². The summed E-state index contributed by atoms with van der Waals surface area (Å²) in [6.07, 6.45) is 6.15. The first-order valence-corrected chi connectivity index (χ1v) is 8.42. The number of hydrogen-bond donors (Lipinski definition) is 2. The standard InChI is InChI=1S/C19H25N3O3/c1-4-19(3,12-18(24)25)11-17(23)21-14(2)15-5-7-16(8-6-15)22-10-9-20-13-22/h5-10,13-14H,4,11-12H2,1-3H3,(H,21,23)(H,24,25)/t14-,19+/m0/s1. The molecule has 0 aliphatic rings. The third-order valence-electron chi connectivity index (χ3n) is 4.59. The van der Waals surface area contributed by atoms with Gasteiger partial charge < -0.3 is 15.0 Å². The molecule has 6 heteroatoms. The zero-order valence-electron chi connectivity index (χ0n) is 14.9. The van der Waals surface area contributed by atoms with Crippen molar-refractivity contribution in [1.82, 2.24) is 14.9 Å². The molecule has 0 fully saturated rings. The quantitative estimate of drug-likeness (QED) is 0.770. The third-order valence-corrected chi connectivity index (χ3v) is 4.59. The topological polar surface area (TPSA) is 84.2 Å². The summed E-state index contributed by atoms with van der Waals surface area (Å²) in [4.78, 5) is 27.3. The van der Waals surface area contributed by atoms with Crippen LogP contribution in [0.5, 0.6) is 0 Å². The molecule has 0 radical (unpaired) electrons. The number of carboxylic acid groups (broad SMARTS) is 1. The Kier molecular flexibility index (Phi) is 5.96. The average molecular weight is 343 g/mol. The van der Waals surface area contributed by atoms with Crippen molar-refractivity contribution in [3.63, 3.8) is 0 Å². The lowest BCUT2D eigenvalue weighted by Crippen LogP contribution is -2.33. The fourth-order valence-electron chi connectivity index (χ4n) is 2.79. The molecule has 0 unspecified atom stereocenters. The van der Waals surface area contributed by atoms with E-state index in [2.05, 4.69) is 10.3 Å². The number of imidazole rings is 1. The number of benzene rings is 1. The molecule has 1 aromatic carbocycles. The van der Waals surface area contributed by atoms with E-state index in [1.54, 1.807) is 12.5 Å². The molecule has 1 heterocycles. The Morgan fingerprint density at radius 2 is 1.96 bits per heavy atom. The Labute approximate surface area is 147 Å². The molecule has 0 aliphatic carbocycles. The monoisotopic (exact) mass is 343 g/mol. The molecule has 0 aliphatic heterocycles. The molecule has 2 atom stereocenters. The lowest BCUT2D eigenvalue weighted by molar-refractivity contribution is -0.140. The number of rotatable bonds is 8. The zero-order valence-corrected chi connectivity index (χ0v) is 14.9. The van der Waals surface area contributed by atoms with Gasteiger partial charge in [-0.2, -0.15) is 0 Å². The maximum absolute atomic E-state index is 12.3. The van der Waals surface area contributed by atoms with Crippen LogP contribution in [0.3, 0.4) is 0 Å². The van der Waals surface area contributed by atoms with Gasteiger partial charge in [-0.3, -0.25) is 9.59 Å². The van der Waals surface area contributed by atoms with Gasteiger partial charge in [-0.05, 0) is 36.5 Å². The average Bonchev–Trinajstić information content (AvgIpc) is 3.08. The Balaban J connectivity index is 1.97. The van der Waals surface area contributed by atoms with Crippen molar-refractivity contribution in [1.29, 1.82) is 0 Å². The fraction of sp³-hybridized carbons (Fsp3) is 0.421. The molecular weight excluding hydrogens is 318 g/mol. The van der Waals surface area contributed by atoms with Crippen molar-refractivity contribution in [2.24, 2.45) is 5.41 Å². The number of carboxylic acids is 1. The number of aromatic nitrogens is 2. The highest BCUT2D eigenvalue weighted by molar-refractivity contribution is 5.78. The number of nitrogens with zero attached hydrogens (tertiary/aromatic N) is 2. The highest BCUT2D eigenvalue weighted by atomic mass is 16.4. The molecule has 1 aromatic heterocycles. The number of amides is 1. The Hall–Kier alpha value is -2.63. The summed E-state index contributed by atoms with van der Waals surface area (Å²) >= 11 is 0. The number of nitrogens with one attached hydrogen (secondary N) is 1. The second-order valence-electron chi connectivity index (χ2n) is 6.76. The van der Waals surface area contributed by atoms with Crippen LogP contribution < -0.4 is 5.32 Å². The molecular formula is C19H25N3O3. The van der Waals surface area contributed by atoms with Gasteiger partial charge in [0.05, 0.1) is 18.8 Å². The molecule has 6 nitrogen and oxygen atoms in total. The fourth-order valence-corrected chi connectivity index (χ4v) is 2.79. The van der Waals surface area contributed by atoms with E-state index in [0.29, 0.717) is 6.42 Å². The van der Waals surface area contributed by atoms with Gasteiger partial charge >= 0.3 is 5.97 Å². The highest BCUT2D eigenvalue weighted by Gasteiger charge is 2.29. The van der Waals surface area contributed by atoms with Gasteiger partial charge in [0.1, 0.15) is 0 Å². The predicted octanol–water partition coefficient (Wildman–Crippen LogP) is 3.33. The van der Waals surface area contributed by atoms with E-state index >= 15 is 0 Å². The number of carbonyl (C=O) groups is 2. The van der Waals surface area contributed by atoms with Crippen LogP contribution in [0.15, 0.2) is 43.0 Å². The van der Waals surface area contributed by atoms with E-state index in [1.807, 2.05) is 55.8 Å². The maximum Gasteiger partial charge on any atom is 0.303 e. The van der Waals surface area contributed by atoms with Crippen LogP contribution in [0.25, 0.3) is 5.69 Å². The Morgan fingerprint density at radius 3 is 2.48 bits per heavy atom.